The molecule has 98 valence electrons. The SMILES string of the molecule is CN(c1ccc(CC=C[N+](=O)[O-])cc1)P(N)(N)=O. The zero-order valence-corrected chi connectivity index (χ0v) is 10.8. The number of anilines is 1. The highest BCUT2D eigenvalue weighted by molar-refractivity contribution is 7.60. The molecule has 0 saturated heterocycles. The molecule has 0 aliphatic heterocycles. The van der Waals surface area contributed by atoms with E-state index in [2.05, 4.69) is 0 Å². The van der Waals surface area contributed by atoms with Crippen molar-refractivity contribution in [1.29, 1.82) is 0 Å². The van der Waals surface area contributed by atoms with Crippen LogP contribution in [0.3, 0.4) is 0 Å². The van der Waals surface area contributed by atoms with Crippen LogP contribution in [0.25, 0.3) is 0 Å². The van der Waals surface area contributed by atoms with Gasteiger partial charge < -0.3 is 4.67 Å². The molecule has 0 radical (unpaired) electrons. The lowest BCUT2D eigenvalue weighted by molar-refractivity contribution is -0.402. The zero-order valence-electron chi connectivity index (χ0n) is 9.89. The van der Waals surface area contributed by atoms with E-state index in [-0.39, 0.29) is 0 Å². The van der Waals surface area contributed by atoms with E-state index in [1.165, 1.54) is 10.7 Å². The number of rotatable bonds is 5. The molecule has 0 fully saturated rings. The first-order chi connectivity index (χ1) is 8.30. The van der Waals surface area contributed by atoms with E-state index in [0.717, 1.165) is 11.8 Å². The maximum absolute atomic E-state index is 11.4. The lowest BCUT2D eigenvalue weighted by atomic mass is 10.1. The van der Waals surface area contributed by atoms with Crippen LogP contribution in [0, 0.1) is 10.1 Å². The number of nitrogens with two attached hydrogens (primary N) is 2. The fourth-order valence-electron chi connectivity index (χ4n) is 1.30. The van der Waals surface area contributed by atoms with Crippen molar-refractivity contribution in [3.8, 4) is 0 Å². The summed E-state index contributed by atoms with van der Waals surface area (Å²) in [4.78, 5) is 9.58. The summed E-state index contributed by atoms with van der Waals surface area (Å²) in [5.41, 5.74) is 12.2. The highest BCUT2D eigenvalue weighted by Crippen LogP contribution is 2.34. The Morgan fingerprint density at radius 3 is 2.39 bits per heavy atom. The maximum Gasteiger partial charge on any atom is 0.300 e. The molecule has 0 aliphatic rings. The third-order valence-electron chi connectivity index (χ3n) is 2.36. The monoisotopic (exact) mass is 270 g/mol. The van der Waals surface area contributed by atoms with Crippen LogP contribution in [0.2, 0.25) is 0 Å². The van der Waals surface area contributed by atoms with Gasteiger partial charge in [0.1, 0.15) is 0 Å². The first-order valence-corrected chi connectivity index (χ1v) is 6.91. The molecule has 8 heteroatoms. The van der Waals surface area contributed by atoms with Crippen LogP contribution in [0.15, 0.2) is 36.5 Å². The van der Waals surface area contributed by atoms with Crippen molar-refractivity contribution in [2.45, 2.75) is 6.42 Å². The largest absolute Gasteiger partial charge is 0.303 e. The van der Waals surface area contributed by atoms with Crippen molar-refractivity contribution in [3.63, 3.8) is 0 Å². The molecule has 0 heterocycles. The number of hydrogen-bond donors (Lipinski definition) is 2. The predicted molar refractivity (Wildman–Crippen MR) is 70.7 cm³/mol. The van der Waals surface area contributed by atoms with Gasteiger partial charge in [0, 0.05) is 12.7 Å². The second-order valence-electron chi connectivity index (χ2n) is 3.74. The summed E-state index contributed by atoms with van der Waals surface area (Å²) in [6, 6.07) is 6.96. The smallest absolute Gasteiger partial charge is 0.300 e. The lowest BCUT2D eigenvalue weighted by Crippen LogP contribution is -2.24. The molecule has 1 aromatic carbocycles. The van der Waals surface area contributed by atoms with Crippen LogP contribution in [0.4, 0.5) is 5.69 Å². The molecule has 1 rings (SSSR count). The summed E-state index contributed by atoms with van der Waals surface area (Å²) in [5, 5.41) is 10.1. The van der Waals surface area contributed by atoms with Gasteiger partial charge in [-0.2, -0.15) is 0 Å². The molecule has 0 aliphatic carbocycles. The Labute approximate surface area is 105 Å². The molecule has 1 aromatic rings. The topological polar surface area (TPSA) is 115 Å². The molecule has 0 amide bonds. The van der Waals surface area contributed by atoms with Crippen LogP contribution < -0.4 is 15.7 Å². The van der Waals surface area contributed by atoms with Gasteiger partial charge in [-0.15, -0.1) is 0 Å². The van der Waals surface area contributed by atoms with Gasteiger partial charge in [0.25, 0.3) is 7.59 Å². The summed E-state index contributed by atoms with van der Waals surface area (Å²) in [6.07, 6.45) is 2.80. The summed E-state index contributed by atoms with van der Waals surface area (Å²) >= 11 is 0. The fourth-order valence-corrected chi connectivity index (χ4v) is 1.80. The van der Waals surface area contributed by atoms with E-state index >= 15 is 0 Å². The molecule has 7 nitrogen and oxygen atoms in total. The molecular formula is C10H15N4O3P. The minimum atomic E-state index is -3.30. The standard InChI is InChI=1S/C10H15N4O3P/c1-13(18(11,12)17)10-6-4-9(5-7-10)3-2-8-14(15)16/h2,4-8H,3H2,1H3,(H4,11,12,17). The molecule has 0 unspecified atom stereocenters. The average Bonchev–Trinajstić information content (AvgIpc) is 2.27. The van der Waals surface area contributed by atoms with Crippen LogP contribution in [-0.2, 0) is 11.0 Å². The molecule has 0 bridgehead atoms. The second kappa shape index (κ2) is 5.77. The zero-order chi connectivity index (χ0) is 13.8. The third-order valence-corrected chi connectivity index (χ3v) is 3.53. The van der Waals surface area contributed by atoms with E-state index in [0.29, 0.717) is 12.1 Å². The van der Waals surface area contributed by atoms with E-state index in [4.69, 9.17) is 11.0 Å². The van der Waals surface area contributed by atoms with Gasteiger partial charge in [0.05, 0.1) is 4.92 Å². The van der Waals surface area contributed by atoms with Gasteiger partial charge in [0.2, 0.25) is 6.20 Å². The van der Waals surface area contributed by atoms with Crippen LogP contribution >= 0.6 is 7.59 Å². The average molecular weight is 270 g/mol. The highest BCUT2D eigenvalue weighted by atomic mass is 31.2. The summed E-state index contributed by atoms with van der Waals surface area (Å²) in [6.45, 7) is 0. The van der Waals surface area contributed by atoms with Crippen molar-refractivity contribution < 1.29 is 9.49 Å². The first-order valence-electron chi connectivity index (χ1n) is 5.11. The number of hydrogen-bond acceptors (Lipinski definition) is 3. The van der Waals surface area contributed by atoms with E-state index in [9.17, 15) is 14.7 Å². The van der Waals surface area contributed by atoms with Gasteiger partial charge in [0.15, 0.2) is 0 Å². The quantitative estimate of drug-likeness (QED) is 0.475. The lowest BCUT2D eigenvalue weighted by Gasteiger charge is -2.22. The minimum absolute atomic E-state index is 0.452. The number of nitrogens with zero attached hydrogens (tertiary/aromatic N) is 2. The summed E-state index contributed by atoms with van der Waals surface area (Å²) < 4.78 is 12.8. The highest BCUT2D eigenvalue weighted by Gasteiger charge is 2.16. The van der Waals surface area contributed by atoms with Crippen LogP contribution in [0.5, 0.6) is 0 Å². The Morgan fingerprint density at radius 1 is 1.39 bits per heavy atom. The van der Waals surface area contributed by atoms with E-state index in [1.54, 1.807) is 31.3 Å². The Kier molecular flexibility index (Phi) is 4.61. The number of nitro groups is 1. The van der Waals surface area contributed by atoms with Gasteiger partial charge in [-0.3, -0.25) is 25.7 Å². The fraction of sp³-hybridized carbons (Fsp3) is 0.200. The maximum atomic E-state index is 11.4. The Balaban J connectivity index is 2.74. The number of allylic oxidation sites excluding steroid dienone is 1. The molecule has 0 atom stereocenters. The second-order valence-corrected chi connectivity index (χ2v) is 5.68. The van der Waals surface area contributed by atoms with Crippen molar-refractivity contribution in [2.24, 2.45) is 11.0 Å². The molecule has 0 saturated carbocycles. The van der Waals surface area contributed by atoms with Crippen LogP contribution in [-0.4, -0.2) is 12.0 Å². The predicted octanol–water partition coefficient (Wildman–Crippen LogP) is 1.48. The molecule has 18 heavy (non-hydrogen) atoms. The normalized spacial score (nSPS) is 11.7. The summed E-state index contributed by atoms with van der Waals surface area (Å²) in [7, 11) is -1.75. The summed E-state index contributed by atoms with van der Waals surface area (Å²) in [5.74, 6) is 0. The molecule has 0 aromatic heterocycles. The molecular weight excluding hydrogens is 255 g/mol. The van der Waals surface area contributed by atoms with Gasteiger partial charge >= 0.3 is 0 Å². The van der Waals surface area contributed by atoms with Gasteiger partial charge in [-0.05, 0) is 30.2 Å². The number of benzene rings is 1. The minimum Gasteiger partial charge on any atom is -0.303 e. The van der Waals surface area contributed by atoms with E-state index < -0.39 is 12.5 Å². The Hall–Kier alpha value is -1.69. The van der Waals surface area contributed by atoms with E-state index in [1.807, 2.05) is 0 Å². The molecule has 0 spiro atoms. The van der Waals surface area contributed by atoms with Crippen molar-refractivity contribution in [1.82, 2.24) is 0 Å². The Bertz CT molecular complexity index is 494. The van der Waals surface area contributed by atoms with Gasteiger partial charge in [-0.1, -0.05) is 12.1 Å². The Morgan fingerprint density at radius 2 is 1.94 bits per heavy atom. The van der Waals surface area contributed by atoms with Crippen LogP contribution in [0.1, 0.15) is 5.56 Å². The van der Waals surface area contributed by atoms with Gasteiger partial charge in [-0.25, -0.2) is 0 Å². The van der Waals surface area contributed by atoms with Crippen molar-refractivity contribution in [2.75, 3.05) is 11.7 Å². The third kappa shape index (κ3) is 4.29. The first kappa shape index (κ1) is 14.4. The van der Waals surface area contributed by atoms with Crippen molar-refractivity contribution >= 4 is 13.3 Å². The molecule has 4 N–H and O–H groups in total. The van der Waals surface area contributed by atoms with Crippen molar-refractivity contribution in [3.05, 3.63) is 52.2 Å².